The van der Waals surface area contributed by atoms with Crippen molar-refractivity contribution in [3.8, 4) is 5.75 Å². The Labute approximate surface area is 154 Å². The van der Waals surface area contributed by atoms with E-state index in [0.717, 1.165) is 31.3 Å². The molecule has 0 atom stereocenters. The molecular weight excluding hydrogens is 357 g/mol. The van der Waals surface area contributed by atoms with Gasteiger partial charge in [0.25, 0.3) is 0 Å². The summed E-state index contributed by atoms with van der Waals surface area (Å²) in [5.41, 5.74) is 0. The van der Waals surface area contributed by atoms with Gasteiger partial charge < -0.3 is 14.2 Å². The predicted molar refractivity (Wildman–Crippen MR) is 94.6 cm³/mol. The van der Waals surface area contributed by atoms with Gasteiger partial charge in [-0.05, 0) is 24.3 Å². The van der Waals surface area contributed by atoms with E-state index in [1.807, 2.05) is 11.6 Å². The summed E-state index contributed by atoms with van der Waals surface area (Å²) in [6.45, 7) is 4.51. The molecule has 136 valence electrons. The molecule has 1 fully saturated rings. The first kappa shape index (κ1) is 16.9. The van der Waals surface area contributed by atoms with Crippen LogP contribution < -0.4 is 9.64 Å². The average Bonchev–Trinajstić information content (AvgIpc) is 3.34. The lowest BCUT2D eigenvalue weighted by Gasteiger charge is -2.33. The second-order valence-corrected chi connectivity index (χ2v) is 6.80. The number of hydrogen-bond acceptors (Lipinski definition) is 8. The molecule has 0 spiro atoms. The largest absolute Gasteiger partial charge is 0.485 e. The first-order valence-electron chi connectivity index (χ1n) is 8.33. The Morgan fingerprint density at radius 3 is 2.69 bits per heavy atom. The number of halogens is 1. The number of piperazine rings is 1. The SMILES string of the molecule is Fc1ccc(OCc2noc(CN3CCN(c4nccs4)CC3)n2)cc1. The molecule has 26 heavy (non-hydrogen) atoms. The number of anilines is 1. The van der Waals surface area contributed by atoms with Gasteiger partial charge in [-0.2, -0.15) is 4.98 Å². The van der Waals surface area contributed by atoms with Crippen molar-refractivity contribution in [2.75, 3.05) is 31.1 Å². The average molecular weight is 375 g/mol. The van der Waals surface area contributed by atoms with E-state index in [4.69, 9.17) is 9.26 Å². The fourth-order valence-corrected chi connectivity index (χ4v) is 3.45. The molecule has 0 unspecified atom stereocenters. The Morgan fingerprint density at radius 2 is 1.96 bits per heavy atom. The highest BCUT2D eigenvalue weighted by Gasteiger charge is 2.20. The summed E-state index contributed by atoms with van der Waals surface area (Å²) in [6, 6.07) is 5.83. The normalized spacial score (nSPS) is 15.3. The lowest BCUT2D eigenvalue weighted by atomic mass is 10.3. The zero-order valence-corrected chi connectivity index (χ0v) is 14.9. The molecule has 0 saturated carbocycles. The van der Waals surface area contributed by atoms with Crippen LogP contribution in [0.25, 0.3) is 0 Å². The monoisotopic (exact) mass is 375 g/mol. The molecule has 3 heterocycles. The zero-order valence-electron chi connectivity index (χ0n) is 14.0. The molecule has 0 bridgehead atoms. The van der Waals surface area contributed by atoms with Crippen LogP contribution in [-0.4, -0.2) is 46.2 Å². The molecule has 1 aliphatic rings. The summed E-state index contributed by atoms with van der Waals surface area (Å²) in [7, 11) is 0. The minimum absolute atomic E-state index is 0.187. The van der Waals surface area contributed by atoms with Crippen molar-refractivity contribution >= 4 is 16.5 Å². The summed E-state index contributed by atoms with van der Waals surface area (Å²) in [5, 5.41) is 7.01. The van der Waals surface area contributed by atoms with E-state index in [1.165, 1.54) is 12.1 Å². The van der Waals surface area contributed by atoms with Gasteiger partial charge in [0, 0.05) is 37.8 Å². The topological polar surface area (TPSA) is 67.5 Å². The molecule has 0 N–H and O–H groups in total. The van der Waals surface area contributed by atoms with Crippen LogP contribution >= 0.6 is 11.3 Å². The van der Waals surface area contributed by atoms with E-state index in [-0.39, 0.29) is 12.4 Å². The Balaban J connectivity index is 1.25. The highest BCUT2D eigenvalue weighted by molar-refractivity contribution is 7.13. The van der Waals surface area contributed by atoms with Crippen LogP contribution in [0, 0.1) is 5.82 Å². The Hall–Kier alpha value is -2.52. The summed E-state index contributed by atoms with van der Waals surface area (Å²) in [4.78, 5) is 13.3. The third-order valence-electron chi connectivity index (χ3n) is 4.11. The van der Waals surface area contributed by atoms with E-state index >= 15 is 0 Å². The molecule has 3 aromatic rings. The number of ether oxygens (including phenoxy) is 1. The summed E-state index contributed by atoms with van der Waals surface area (Å²) >= 11 is 1.66. The van der Waals surface area contributed by atoms with E-state index in [9.17, 15) is 4.39 Å². The Morgan fingerprint density at radius 1 is 1.15 bits per heavy atom. The minimum atomic E-state index is -0.297. The van der Waals surface area contributed by atoms with E-state index in [1.54, 1.807) is 23.5 Å². The number of rotatable bonds is 6. The van der Waals surface area contributed by atoms with Gasteiger partial charge in [0.15, 0.2) is 11.7 Å². The maximum absolute atomic E-state index is 12.9. The lowest BCUT2D eigenvalue weighted by Crippen LogP contribution is -2.46. The second kappa shape index (κ2) is 7.79. The van der Waals surface area contributed by atoms with E-state index in [2.05, 4.69) is 24.9 Å². The molecule has 0 aliphatic carbocycles. The lowest BCUT2D eigenvalue weighted by molar-refractivity contribution is 0.214. The predicted octanol–water partition coefficient (Wildman–Crippen LogP) is 2.57. The van der Waals surface area contributed by atoms with Crippen LogP contribution in [-0.2, 0) is 13.2 Å². The standard InChI is InChI=1S/C17H18FN5O2S/c18-13-1-3-14(4-2-13)24-12-15-20-16(25-21-15)11-22-6-8-23(9-7-22)17-19-5-10-26-17/h1-5,10H,6-9,11-12H2. The van der Waals surface area contributed by atoms with Crippen molar-refractivity contribution in [3.05, 3.63) is 53.4 Å². The van der Waals surface area contributed by atoms with Gasteiger partial charge in [-0.25, -0.2) is 9.37 Å². The van der Waals surface area contributed by atoms with Gasteiger partial charge in [0.05, 0.1) is 6.54 Å². The van der Waals surface area contributed by atoms with Gasteiger partial charge in [-0.15, -0.1) is 11.3 Å². The molecule has 9 heteroatoms. The maximum Gasteiger partial charge on any atom is 0.240 e. The fraction of sp³-hybridized carbons (Fsp3) is 0.353. The van der Waals surface area contributed by atoms with Crippen LogP contribution in [0.2, 0.25) is 0 Å². The first-order valence-corrected chi connectivity index (χ1v) is 9.21. The number of thiazole rings is 1. The molecular formula is C17H18FN5O2S. The minimum Gasteiger partial charge on any atom is -0.485 e. The van der Waals surface area contributed by atoms with Crippen LogP contribution in [0.3, 0.4) is 0 Å². The third-order valence-corrected chi connectivity index (χ3v) is 4.94. The molecule has 1 aliphatic heterocycles. The van der Waals surface area contributed by atoms with Crippen molar-refractivity contribution in [2.24, 2.45) is 0 Å². The molecule has 4 rings (SSSR count). The molecule has 1 aromatic carbocycles. The van der Waals surface area contributed by atoms with Crippen LogP contribution in [0.15, 0.2) is 40.4 Å². The van der Waals surface area contributed by atoms with Gasteiger partial charge in [0.1, 0.15) is 11.6 Å². The third kappa shape index (κ3) is 4.17. The Bertz CT molecular complexity index is 816. The molecule has 2 aromatic heterocycles. The van der Waals surface area contributed by atoms with Crippen molar-refractivity contribution < 1.29 is 13.7 Å². The number of benzene rings is 1. The van der Waals surface area contributed by atoms with E-state index in [0.29, 0.717) is 24.0 Å². The number of aromatic nitrogens is 3. The van der Waals surface area contributed by atoms with Crippen molar-refractivity contribution in [3.63, 3.8) is 0 Å². The fourth-order valence-electron chi connectivity index (χ4n) is 2.75. The molecule has 7 nitrogen and oxygen atoms in total. The van der Waals surface area contributed by atoms with Gasteiger partial charge in [-0.3, -0.25) is 4.90 Å². The highest BCUT2D eigenvalue weighted by atomic mass is 32.1. The summed E-state index contributed by atoms with van der Waals surface area (Å²) in [6.07, 6.45) is 1.83. The van der Waals surface area contributed by atoms with Crippen molar-refractivity contribution in [1.82, 2.24) is 20.0 Å². The summed E-state index contributed by atoms with van der Waals surface area (Å²) < 4.78 is 23.7. The van der Waals surface area contributed by atoms with Crippen LogP contribution in [0.5, 0.6) is 5.75 Å². The van der Waals surface area contributed by atoms with Crippen LogP contribution in [0.4, 0.5) is 9.52 Å². The van der Waals surface area contributed by atoms with Crippen LogP contribution in [0.1, 0.15) is 11.7 Å². The van der Waals surface area contributed by atoms with E-state index < -0.39 is 0 Å². The quantitative estimate of drug-likeness (QED) is 0.656. The summed E-state index contributed by atoms with van der Waals surface area (Å²) in [5.74, 6) is 1.32. The second-order valence-electron chi connectivity index (χ2n) is 5.92. The van der Waals surface area contributed by atoms with Gasteiger partial charge in [0.2, 0.25) is 11.7 Å². The Kier molecular flexibility index (Phi) is 5.07. The van der Waals surface area contributed by atoms with Crippen molar-refractivity contribution in [2.45, 2.75) is 13.2 Å². The van der Waals surface area contributed by atoms with Gasteiger partial charge >= 0.3 is 0 Å². The molecule has 0 radical (unpaired) electrons. The number of nitrogens with zero attached hydrogens (tertiary/aromatic N) is 5. The molecule has 0 amide bonds. The van der Waals surface area contributed by atoms with Gasteiger partial charge in [-0.1, -0.05) is 5.16 Å². The number of hydrogen-bond donors (Lipinski definition) is 0. The highest BCUT2D eigenvalue weighted by Crippen LogP contribution is 2.19. The zero-order chi connectivity index (χ0) is 17.8. The van der Waals surface area contributed by atoms with Crippen molar-refractivity contribution in [1.29, 1.82) is 0 Å². The smallest absolute Gasteiger partial charge is 0.240 e. The molecule has 1 saturated heterocycles. The first-order chi connectivity index (χ1) is 12.8. The maximum atomic E-state index is 12.9.